The van der Waals surface area contributed by atoms with Gasteiger partial charge in [0.15, 0.2) is 0 Å². The van der Waals surface area contributed by atoms with Gasteiger partial charge < -0.3 is 14.5 Å². The van der Waals surface area contributed by atoms with Crippen LogP contribution in [0.2, 0.25) is 0 Å². The van der Waals surface area contributed by atoms with Gasteiger partial charge in [0, 0.05) is 30.9 Å². The lowest BCUT2D eigenvalue weighted by Gasteiger charge is -2.42. The Kier molecular flexibility index (Phi) is 4.11. The first-order valence-electron chi connectivity index (χ1n) is 7.96. The van der Waals surface area contributed by atoms with E-state index in [-0.39, 0.29) is 24.6 Å². The number of hydrogen-bond donors (Lipinski definition) is 2. The van der Waals surface area contributed by atoms with Gasteiger partial charge in [-0.1, -0.05) is 5.16 Å². The molecular weight excluding hydrogens is 328 g/mol. The van der Waals surface area contributed by atoms with Crippen molar-refractivity contribution in [2.75, 3.05) is 13.1 Å². The Bertz CT molecular complexity index is 923. The number of carbonyl (C=O) groups excluding carboxylic acids is 1. The maximum Gasteiger partial charge on any atom is 0.328 e. The third kappa shape index (κ3) is 3.14. The van der Waals surface area contributed by atoms with Crippen LogP contribution in [0.1, 0.15) is 41.2 Å². The minimum absolute atomic E-state index is 0.108. The standard InChI is InChI=1S/C16H20N4O5/c1-9-7-20(15(23)17-13(9)21)12-8-19(5-4-16(12,3)24)14(22)11-6-10(2)18-25-11/h6-7,12,24H,4-5,8H2,1-3H3,(H,17,21,23)/t12-,16-/m1/s1. The fourth-order valence-corrected chi connectivity index (χ4v) is 3.03. The topological polar surface area (TPSA) is 121 Å². The molecule has 9 nitrogen and oxygen atoms in total. The number of hydrogen-bond acceptors (Lipinski definition) is 6. The highest BCUT2D eigenvalue weighted by Gasteiger charge is 2.41. The SMILES string of the molecule is Cc1cc(C(=O)N2CC[C@@](C)(O)[C@H](n3cc(C)c(=O)[nH]c3=O)C2)on1. The fourth-order valence-electron chi connectivity index (χ4n) is 3.03. The summed E-state index contributed by atoms with van der Waals surface area (Å²) >= 11 is 0. The van der Waals surface area contributed by atoms with Crippen molar-refractivity contribution < 1.29 is 14.4 Å². The highest BCUT2D eigenvalue weighted by atomic mass is 16.5. The van der Waals surface area contributed by atoms with Gasteiger partial charge >= 0.3 is 5.69 Å². The number of aromatic amines is 1. The first-order chi connectivity index (χ1) is 11.7. The van der Waals surface area contributed by atoms with Crippen LogP contribution in [0.4, 0.5) is 0 Å². The van der Waals surface area contributed by atoms with Gasteiger partial charge in [0.2, 0.25) is 5.76 Å². The van der Waals surface area contributed by atoms with Crippen LogP contribution in [0.25, 0.3) is 0 Å². The zero-order chi connectivity index (χ0) is 18.4. The molecule has 3 rings (SSSR count). The van der Waals surface area contributed by atoms with E-state index in [0.717, 1.165) is 0 Å². The molecule has 25 heavy (non-hydrogen) atoms. The van der Waals surface area contributed by atoms with Crippen molar-refractivity contribution in [1.82, 2.24) is 19.6 Å². The molecule has 1 aliphatic rings. The third-order valence-electron chi connectivity index (χ3n) is 4.61. The molecule has 0 saturated carbocycles. The maximum absolute atomic E-state index is 12.6. The van der Waals surface area contributed by atoms with Crippen molar-refractivity contribution in [3.63, 3.8) is 0 Å². The lowest BCUT2D eigenvalue weighted by Crippen LogP contribution is -2.55. The fraction of sp³-hybridized carbons (Fsp3) is 0.500. The first kappa shape index (κ1) is 17.2. The van der Waals surface area contributed by atoms with Gasteiger partial charge in [-0.25, -0.2) is 4.79 Å². The van der Waals surface area contributed by atoms with Crippen LogP contribution >= 0.6 is 0 Å². The molecule has 2 atom stereocenters. The predicted molar refractivity (Wildman–Crippen MR) is 87.5 cm³/mol. The van der Waals surface area contributed by atoms with E-state index >= 15 is 0 Å². The zero-order valence-electron chi connectivity index (χ0n) is 14.3. The largest absolute Gasteiger partial charge is 0.388 e. The highest BCUT2D eigenvalue weighted by Crippen LogP contribution is 2.31. The van der Waals surface area contributed by atoms with Crippen LogP contribution in [-0.4, -0.2) is 49.3 Å². The summed E-state index contributed by atoms with van der Waals surface area (Å²) in [5.74, 6) is -0.238. The smallest absolute Gasteiger partial charge is 0.328 e. The summed E-state index contributed by atoms with van der Waals surface area (Å²) in [5.41, 5.74) is -1.35. The van der Waals surface area contributed by atoms with Crippen molar-refractivity contribution >= 4 is 5.91 Å². The van der Waals surface area contributed by atoms with Crippen molar-refractivity contribution in [3.8, 4) is 0 Å². The van der Waals surface area contributed by atoms with Crippen LogP contribution in [-0.2, 0) is 0 Å². The number of amides is 1. The van der Waals surface area contributed by atoms with Crippen LogP contribution in [0, 0.1) is 13.8 Å². The second kappa shape index (κ2) is 5.99. The minimum atomic E-state index is -1.21. The molecule has 1 fully saturated rings. The number of aliphatic hydroxyl groups is 1. The maximum atomic E-state index is 12.6. The van der Waals surface area contributed by atoms with Gasteiger partial charge in [-0.15, -0.1) is 0 Å². The van der Waals surface area contributed by atoms with E-state index in [1.165, 1.54) is 15.7 Å². The number of nitrogens with zero attached hydrogens (tertiary/aromatic N) is 3. The van der Waals surface area contributed by atoms with E-state index in [0.29, 0.717) is 17.8 Å². The quantitative estimate of drug-likeness (QED) is 0.787. The Hall–Kier alpha value is -2.68. The Balaban J connectivity index is 1.95. The van der Waals surface area contributed by atoms with Crippen molar-refractivity contribution in [1.29, 1.82) is 0 Å². The molecule has 2 N–H and O–H groups in total. The summed E-state index contributed by atoms with van der Waals surface area (Å²) in [6, 6.07) is 0.845. The summed E-state index contributed by atoms with van der Waals surface area (Å²) < 4.78 is 6.29. The second-order valence-electron chi connectivity index (χ2n) is 6.69. The summed E-state index contributed by atoms with van der Waals surface area (Å²) in [6.07, 6.45) is 1.69. The van der Waals surface area contributed by atoms with Crippen molar-refractivity contribution in [2.45, 2.75) is 38.8 Å². The number of likely N-dealkylation sites (tertiary alicyclic amines) is 1. The number of rotatable bonds is 2. The molecule has 2 aromatic heterocycles. The predicted octanol–water partition coefficient (Wildman–Crippen LogP) is -0.0204. The molecule has 0 aliphatic carbocycles. The molecule has 1 amide bonds. The van der Waals surface area contributed by atoms with Gasteiger partial charge in [0.1, 0.15) is 0 Å². The average molecular weight is 348 g/mol. The summed E-state index contributed by atoms with van der Waals surface area (Å²) in [4.78, 5) is 40.1. The molecule has 1 saturated heterocycles. The number of aromatic nitrogens is 3. The summed E-state index contributed by atoms with van der Waals surface area (Å²) in [6.45, 7) is 5.33. The third-order valence-corrected chi connectivity index (χ3v) is 4.61. The minimum Gasteiger partial charge on any atom is -0.388 e. The molecule has 0 spiro atoms. The van der Waals surface area contributed by atoms with Gasteiger partial charge in [0.25, 0.3) is 11.5 Å². The van der Waals surface area contributed by atoms with Crippen LogP contribution in [0.15, 0.2) is 26.4 Å². The van der Waals surface area contributed by atoms with E-state index in [1.807, 2.05) is 0 Å². The molecule has 9 heteroatoms. The number of H-pyrrole nitrogens is 1. The molecule has 0 aromatic carbocycles. The van der Waals surface area contributed by atoms with E-state index in [9.17, 15) is 19.5 Å². The van der Waals surface area contributed by atoms with E-state index in [4.69, 9.17) is 4.52 Å². The van der Waals surface area contributed by atoms with Crippen molar-refractivity contribution in [3.05, 3.63) is 50.1 Å². The number of carbonyl (C=O) groups is 1. The van der Waals surface area contributed by atoms with Crippen LogP contribution < -0.4 is 11.2 Å². The Morgan fingerprint density at radius 3 is 2.80 bits per heavy atom. The Morgan fingerprint density at radius 2 is 2.16 bits per heavy atom. The Morgan fingerprint density at radius 1 is 1.44 bits per heavy atom. The Labute approximate surface area is 142 Å². The van der Waals surface area contributed by atoms with E-state index in [1.54, 1.807) is 26.8 Å². The lowest BCUT2D eigenvalue weighted by molar-refractivity contribution is -0.0466. The first-order valence-corrected chi connectivity index (χ1v) is 7.96. The van der Waals surface area contributed by atoms with E-state index < -0.39 is 22.9 Å². The van der Waals surface area contributed by atoms with Gasteiger partial charge in [-0.3, -0.25) is 19.1 Å². The van der Waals surface area contributed by atoms with Crippen LogP contribution in [0.3, 0.4) is 0 Å². The van der Waals surface area contributed by atoms with Crippen molar-refractivity contribution in [2.24, 2.45) is 0 Å². The molecular formula is C16H20N4O5. The summed E-state index contributed by atoms with van der Waals surface area (Å²) in [5, 5.41) is 14.4. The molecule has 0 bridgehead atoms. The van der Waals surface area contributed by atoms with Crippen LogP contribution in [0.5, 0.6) is 0 Å². The zero-order valence-corrected chi connectivity index (χ0v) is 14.3. The molecule has 1 aliphatic heterocycles. The molecule has 2 aromatic rings. The monoisotopic (exact) mass is 348 g/mol. The average Bonchev–Trinajstić information content (AvgIpc) is 2.97. The highest BCUT2D eigenvalue weighted by molar-refractivity contribution is 5.91. The molecule has 134 valence electrons. The normalized spacial score (nSPS) is 23.7. The van der Waals surface area contributed by atoms with E-state index in [2.05, 4.69) is 10.1 Å². The lowest BCUT2D eigenvalue weighted by atomic mass is 9.88. The van der Waals surface area contributed by atoms with Gasteiger partial charge in [-0.05, 0) is 27.2 Å². The molecule has 0 radical (unpaired) electrons. The number of aryl methyl sites for hydroxylation is 2. The van der Waals surface area contributed by atoms with Gasteiger partial charge in [-0.2, -0.15) is 0 Å². The molecule has 0 unspecified atom stereocenters. The molecule has 3 heterocycles. The second-order valence-corrected chi connectivity index (χ2v) is 6.69. The number of piperidine rings is 1. The summed E-state index contributed by atoms with van der Waals surface area (Å²) in [7, 11) is 0. The van der Waals surface area contributed by atoms with Gasteiger partial charge in [0.05, 0.1) is 17.3 Å². The number of nitrogens with one attached hydrogen (secondary N) is 1.